The predicted molar refractivity (Wildman–Crippen MR) is 84.9 cm³/mol. The van der Waals surface area contributed by atoms with Crippen molar-refractivity contribution in [1.82, 2.24) is 10.6 Å². The molecule has 116 valence electrons. The van der Waals surface area contributed by atoms with Crippen LogP contribution in [0.1, 0.15) is 26.3 Å². The Morgan fingerprint density at radius 1 is 1.38 bits per heavy atom. The minimum atomic E-state index is -0.425. The van der Waals surface area contributed by atoms with Crippen LogP contribution in [0.4, 0.5) is 5.69 Å². The van der Waals surface area contributed by atoms with E-state index < -0.39 is 11.0 Å². The van der Waals surface area contributed by atoms with Crippen LogP contribution in [0.5, 0.6) is 0 Å². The highest BCUT2D eigenvalue weighted by Gasteiger charge is 2.17. The molecule has 0 aromatic heterocycles. The fourth-order valence-electron chi connectivity index (χ4n) is 1.67. The highest BCUT2D eigenvalue weighted by Crippen LogP contribution is 2.23. The smallest absolute Gasteiger partial charge is 0.275 e. The maximum Gasteiger partial charge on any atom is 0.275 e. The number of amides is 1. The number of nitro groups is 1. The number of halogens is 1. The highest BCUT2D eigenvalue weighted by molar-refractivity contribution is 9.10. The molecule has 1 amide bonds. The largest absolute Gasteiger partial charge is 0.354 e. The van der Waals surface area contributed by atoms with Gasteiger partial charge in [0.25, 0.3) is 5.69 Å². The molecule has 1 rings (SSSR count). The minimum Gasteiger partial charge on any atom is -0.354 e. The van der Waals surface area contributed by atoms with Crippen molar-refractivity contribution in [3.63, 3.8) is 0 Å². The zero-order valence-corrected chi connectivity index (χ0v) is 13.9. The van der Waals surface area contributed by atoms with Crippen molar-refractivity contribution < 1.29 is 9.72 Å². The van der Waals surface area contributed by atoms with Gasteiger partial charge in [-0.05, 0) is 25.0 Å². The van der Waals surface area contributed by atoms with Gasteiger partial charge in [0.1, 0.15) is 0 Å². The van der Waals surface area contributed by atoms with Crippen molar-refractivity contribution in [2.45, 2.75) is 33.4 Å². The van der Waals surface area contributed by atoms with Crippen molar-refractivity contribution in [3.8, 4) is 0 Å². The van der Waals surface area contributed by atoms with Gasteiger partial charge in [-0.2, -0.15) is 0 Å². The van der Waals surface area contributed by atoms with Crippen LogP contribution >= 0.6 is 15.9 Å². The lowest BCUT2D eigenvalue weighted by Crippen LogP contribution is -2.43. The lowest BCUT2D eigenvalue weighted by atomic mass is 10.1. The molecule has 0 spiro atoms. The first kappa shape index (κ1) is 17.6. The summed E-state index contributed by atoms with van der Waals surface area (Å²) in [6.07, 6.45) is 0. The van der Waals surface area contributed by atoms with Gasteiger partial charge < -0.3 is 10.6 Å². The van der Waals surface area contributed by atoms with E-state index in [1.165, 1.54) is 6.07 Å². The number of nitro benzene ring substituents is 1. The summed E-state index contributed by atoms with van der Waals surface area (Å²) >= 11 is 3.21. The van der Waals surface area contributed by atoms with E-state index in [2.05, 4.69) is 26.6 Å². The van der Waals surface area contributed by atoms with E-state index in [1.807, 2.05) is 13.8 Å². The zero-order chi connectivity index (χ0) is 16.0. The van der Waals surface area contributed by atoms with E-state index in [0.29, 0.717) is 22.5 Å². The van der Waals surface area contributed by atoms with Gasteiger partial charge in [0, 0.05) is 29.2 Å². The second kappa shape index (κ2) is 8.09. The summed E-state index contributed by atoms with van der Waals surface area (Å²) in [7, 11) is 0. The molecule has 0 aliphatic heterocycles. The van der Waals surface area contributed by atoms with Gasteiger partial charge >= 0.3 is 0 Å². The molecule has 7 heteroatoms. The van der Waals surface area contributed by atoms with E-state index in [9.17, 15) is 14.9 Å². The second-order valence-electron chi connectivity index (χ2n) is 5.27. The standard InChI is InChI=1S/C14H20BrN3O3/c1-9(2)7-17-14(19)10(3)16-8-11-4-5-12(15)6-13(11)18(20)21/h4-6,9-10,16H,7-8H2,1-3H3,(H,17,19). The van der Waals surface area contributed by atoms with Gasteiger partial charge in [0.05, 0.1) is 11.0 Å². The Labute approximate surface area is 132 Å². The molecule has 0 bridgehead atoms. The van der Waals surface area contributed by atoms with Crippen LogP contribution < -0.4 is 10.6 Å². The number of nitrogens with one attached hydrogen (secondary N) is 2. The predicted octanol–water partition coefficient (Wildman–Crippen LogP) is 2.61. The highest BCUT2D eigenvalue weighted by atomic mass is 79.9. The Morgan fingerprint density at radius 3 is 2.62 bits per heavy atom. The number of benzene rings is 1. The van der Waals surface area contributed by atoms with Gasteiger partial charge in [0.2, 0.25) is 5.91 Å². The van der Waals surface area contributed by atoms with E-state index >= 15 is 0 Å². The summed E-state index contributed by atoms with van der Waals surface area (Å²) in [5.74, 6) is 0.275. The molecule has 1 unspecified atom stereocenters. The molecular weight excluding hydrogens is 338 g/mol. The number of carbonyl (C=O) groups is 1. The SMILES string of the molecule is CC(C)CNC(=O)C(C)NCc1ccc(Br)cc1[N+](=O)[O-]. The molecular formula is C14H20BrN3O3. The van der Waals surface area contributed by atoms with Crippen LogP contribution in [0, 0.1) is 16.0 Å². The number of rotatable bonds is 7. The third-order valence-electron chi connectivity index (χ3n) is 2.92. The minimum absolute atomic E-state index is 0.0339. The molecule has 6 nitrogen and oxygen atoms in total. The Morgan fingerprint density at radius 2 is 2.05 bits per heavy atom. The van der Waals surface area contributed by atoms with Crippen LogP contribution in [-0.4, -0.2) is 23.4 Å². The van der Waals surface area contributed by atoms with Crippen LogP contribution in [-0.2, 0) is 11.3 Å². The molecule has 1 aromatic rings. The summed E-state index contributed by atoms with van der Waals surface area (Å²) in [5, 5.41) is 16.8. The van der Waals surface area contributed by atoms with E-state index in [1.54, 1.807) is 19.1 Å². The molecule has 0 saturated carbocycles. The lowest BCUT2D eigenvalue weighted by molar-refractivity contribution is -0.385. The Balaban J connectivity index is 2.62. The lowest BCUT2D eigenvalue weighted by Gasteiger charge is -2.15. The molecule has 1 atom stereocenters. The van der Waals surface area contributed by atoms with Gasteiger partial charge in [0.15, 0.2) is 0 Å². The zero-order valence-electron chi connectivity index (χ0n) is 12.4. The molecule has 0 saturated heterocycles. The fraction of sp³-hybridized carbons (Fsp3) is 0.500. The van der Waals surface area contributed by atoms with Crippen molar-refractivity contribution in [2.24, 2.45) is 5.92 Å². The summed E-state index contributed by atoms with van der Waals surface area (Å²) in [6.45, 7) is 6.65. The maximum absolute atomic E-state index is 11.8. The van der Waals surface area contributed by atoms with Crippen LogP contribution in [0.15, 0.2) is 22.7 Å². The van der Waals surface area contributed by atoms with Crippen LogP contribution in [0.3, 0.4) is 0 Å². The molecule has 21 heavy (non-hydrogen) atoms. The van der Waals surface area contributed by atoms with Crippen molar-refractivity contribution in [1.29, 1.82) is 0 Å². The number of nitrogens with zero attached hydrogens (tertiary/aromatic N) is 1. The summed E-state index contributed by atoms with van der Waals surface area (Å²) < 4.78 is 0.653. The van der Waals surface area contributed by atoms with Crippen LogP contribution in [0.25, 0.3) is 0 Å². The van der Waals surface area contributed by atoms with E-state index in [4.69, 9.17) is 0 Å². The molecule has 0 fully saturated rings. The Hall–Kier alpha value is -1.47. The van der Waals surface area contributed by atoms with Crippen molar-refractivity contribution >= 4 is 27.5 Å². The average molecular weight is 358 g/mol. The fourth-order valence-corrected chi connectivity index (χ4v) is 2.02. The normalized spacial score (nSPS) is 12.2. The first-order valence-corrected chi connectivity index (χ1v) is 7.54. The molecule has 0 aliphatic carbocycles. The topological polar surface area (TPSA) is 84.3 Å². The van der Waals surface area contributed by atoms with Crippen molar-refractivity contribution in [2.75, 3.05) is 6.54 Å². The third kappa shape index (κ3) is 5.81. The van der Waals surface area contributed by atoms with E-state index in [-0.39, 0.29) is 18.1 Å². The summed E-state index contributed by atoms with van der Waals surface area (Å²) in [6, 6.07) is 4.47. The number of hydrogen-bond acceptors (Lipinski definition) is 4. The monoisotopic (exact) mass is 357 g/mol. The third-order valence-corrected chi connectivity index (χ3v) is 3.41. The van der Waals surface area contributed by atoms with Crippen LogP contribution in [0.2, 0.25) is 0 Å². The molecule has 0 radical (unpaired) electrons. The first-order chi connectivity index (χ1) is 9.81. The van der Waals surface area contributed by atoms with Gasteiger partial charge in [-0.1, -0.05) is 29.8 Å². The van der Waals surface area contributed by atoms with Gasteiger partial charge in [-0.3, -0.25) is 14.9 Å². The van der Waals surface area contributed by atoms with Crippen molar-refractivity contribution in [3.05, 3.63) is 38.3 Å². The summed E-state index contributed by atoms with van der Waals surface area (Å²) in [4.78, 5) is 22.4. The second-order valence-corrected chi connectivity index (χ2v) is 6.19. The van der Waals surface area contributed by atoms with E-state index in [0.717, 1.165) is 0 Å². The maximum atomic E-state index is 11.8. The molecule has 1 aromatic carbocycles. The summed E-state index contributed by atoms with van der Waals surface area (Å²) in [5.41, 5.74) is 0.582. The Bertz CT molecular complexity index is 520. The average Bonchev–Trinajstić information content (AvgIpc) is 2.42. The number of carbonyl (C=O) groups excluding carboxylic acids is 1. The molecule has 2 N–H and O–H groups in total. The first-order valence-electron chi connectivity index (χ1n) is 6.75. The van der Waals surface area contributed by atoms with Gasteiger partial charge in [-0.15, -0.1) is 0 Å². The Kier molecular flexibility index (Phi) is 6.77. The number of hydrogen-bond donors (Lipinski definition) is 2. The van der Waals surface area contributed by atoms with Gasteiger partial charge in [-0.25, -0.2) is 0 Å². The quantitative estimate of drug-likeness (QED) is 0.580. The molecule has 0 heterocycles. The molecule has 0 aliphatic rings.